The summed E-state index contributed by atoms with van der Waals surface area (Å²) in [4.78, 5) is 2.03. The summed E-state index contributed by atoms with van der Waals surface area (Å²) in [5.74, 6) is 0.270. The van der Waals surface area contributed by atoms with Crippen molar-refractivity contribution in [2.24, 2.45) is 0 Å². The van der Waals surface area contributed by atoms with Gasteiger partial charge >= 0.3 is 0 Å². The molecule has 0 spiro atoms. The zero-order valence-electron chi connectivity index (χ0n) is 14.8. The van der Waals surface area contributed by atoms with Crippen molar-refractivity contribution in [3.63, 3.8) is 0 Å². The average molecular weight is 387 g/mol. The van der Waals surface area contributed by atoms with Crippen molar-refractivity contribution in [1.82, 2.24) is 19.4 Å². The first-order valence-electron chi connectivity index (χ1n) is 8.96. The third kappa shape index (κ3) is 3.56. The third-order valence-electron chi connectivity index (χ3n) is 5.13. The van der Waals surface area contributed by atoms with E-state index in [4.69, 9.17) is 10.00 Å². The Kier molecular flexibility index (Phi) is 4.86. The Bertz CT molecular complexity index is 942. The van der Waals surface area contributed by atoms with Crippen molar-refractivity contribution in [1.29, 1.82) is 5.26 Å². The van der Waals surface area contributed by atoms with Gasteiger partial charge in [0.15, 0.2) is 6.19 Å². The SMILES string of the molecule is N#CN1CCC(c2cc(-c3ccc(S(=O)(=O)N4CCOCC4)cc3)n[nH]2)C1. The Hall–Kier alpha value is -2.41. The summed E-state index contributed by atoms with van der Waals surface area (Å²) < 4.78 is 32.1. The zero-order chi connectivity index (χ0) is 18.9. The van der Waals surface area contributed by atoms with Crippen LogP contribution >= 0.6 is 0 Å². The van der Waals surface area contributed by atoms with Gasteiger partial charge in [0, 0.05) is 43.4 Å². The van der Waals surface area contributed by atoms with Crippen molar-refractivity contribution in [3.8, 4) is 17.5 Å². The molecular weight excluding hydrogens is 366 g/mol. The molecule has 2 saturated heterocycles. The second-order valence-corrected chi connectivity index (χ2v) is 8.72. The lowest BCUT2D eigenvalue weighted by Gasteiger charge is -2.26. The predicted molar refractivity (Wildman–Crippen MR) is 98.1 cm³/mol. The van der Waals surface area contributed by atoms with Crippen LogP contribution in [0.15, 0.2) is 35.2 Å². The number of aromatic amines is 1. The van der Waals surface area contributed by atoms with Gasteiger partial charge in [-0.2, -0.15) is 14.7 Å². The van der Waals surface area contributed by atoms with Gasteiger partial charge in [0.1, 0.15) is 0 Å². The molecule has 4 rings (SSSR count). The van der Waals surface area contributed by atoms with Crippen LogP contribution in [0, 0.1) is 11.5 Å². The summed E-state index contributed by atoms with van der Waals surface area (Å²) in [7, 11) is -3.49. The van der Waals surface area contributed by atoms with Crippen LogP contribution in [0.4, 0.5) is 0 Å². The highest BCUT2D eigenvalue weighted by Gasteiger charge is 2.27. The number of benzene rings is 1. The van der Waals surface area contributed by atoms with Crippen molar-refractivity contribution in [3.05, 3.63) is 36.0 Å². The Balaban J connectivity index is 1.50. The largest absolute Gasteiger partial charge is 0.379 e. The van der Waals surface area contributed by atoms with Gasteiger partial charge in [-0.05, 0) is 24.6 Å². The number of likely N-dealkylation sites (tertiary alicyclic amines) is 1. The minimum atomic E-state index is -3.49. The van der Waals surface area contributed by atoms with Gasteiger partial charge < -0.3 is 9.64 Å². The van der Waals surface area contributed by atoms with Crippen LogP contribution in [0.3, 0.4) is 0 Å². The number of hydrogen-bond acceptors (Lipinski definition) is 6. The van der Waals surface area contributed by atoms with Crippen LogP contribution in [0.5, 0.6) is 0 Å². The molecule has 1 aromatic heterocycles. The van der Waals surface area contributed by atoms with Crippen LogP contribution < -0.4 is 0 Å². The average Bonchev–Trinajstić information content (AvgIpc) is 3.38. The maximum absolute atomic E-state index is 12.7. The highest BCUT2D eigenvalue weighted by molar-refractivity contribution is 7.89. The van der Waals surface area contributed by atoms with E-state index in [0.717, 1.165) is 29.9 Å². The molecule has 8 nitrogen and oxygen atoms in total. The molecule has 1 N–H and O–H groups in total. The topological polar surface area (TPSA) is 102 Å². The number of hydrogen-bond donors (Lipinski definition) is 1. The fourth-order valence-corrected chi connectivity index (χ4v) is 4.94. The summed E-state index contributed by atoms with van der Waals surface area (Å²) in [6.07, 6.45) is 3.10. The van der Waals surface area contributed by atoms with Gasteiger partial charge in [0.25, 0.3) is 0 Å². The van der Waals surface area contributed by atoms with E-state index in [1.54, 1.807) is 29.2 Å². The fraction of sp³-hybridized carbons (Fsp3) is 0.444. The van der Waals surface area contributed by atoms with E-state index in [2.05, 4.69) is 16.4 Å². The molecule has 0 amide bonds. The summed E-state index contributed by atoms with van der Waals surface area (Å²) >= 11 is 0. The van der Waals surface area contributed by atoms with Gasteiger partial charge in [0.2, 0.25) is 10.0 Å². The van der Waals surface area contributed by atoms with Crippen molar-refractivity contribution in [2.45, 2.75) is 17.2 Å². The Morgan fingerprint density at radius 1 is 1.19 bits per heavy atom. The predicted octanol–water partition coefficient (Wildman–Crippen LogP) is 1.37. The highest BCUT2D eigenvalue weighted by Crippen LogP contribution is 2.29. The van der Waals surface area contributed by atoms with Crippen molar-refractivity contribution >= 4 is 10.0 Å². The normalized spacial score (nSPS) is 21.3. The van der Waals surface area contributed by atoms with E-state index in [-0.39, 0.29) is 10.8 Å². The number of nitrogens with zero attached hydrogens (tertiary/aromatic N) is 4. The summed E-state index contributed by atoms with van der Waals surface area (Å²) in [5, 5.41) is 16.4. The second kappa shape index (κ2) is 7.31. The standard InChI is InChI=1S/C18H21N5O3S/c19-13-22-6-5-15(12-22)18-11-17(20-21-18)14-1-3-16(4-2-14)27(24,25)23-7-9-26-10-8-23/h1-4,11,15H,5-10,12H2,(H,20,21). The van der Waals surface area contributed by atoms with Gasteiger partial charge in [-0.25, -0.2) is 8.42 Å². The monoisotopic (exact) mass is 387 g/mol. The molecule has 0 radical (unpaired) electrons. The Labute approximate surface area is 158 Å². The first kappa shape index (κ1) is 18.0. The lowest BCUT2D eigenvalue weighted by Crippen LogP contribution is -2.40. The number of aromatic nitrogens is 2. The molecule has 9 heteroatoms. The summed E-state index contributed by atoms with van der Waals surface area (Å²) in [5.41, 5.74) is 2.64. The maximum Gasteiger partial charge on any atom is 0.243 e. The molecule has 0 saturated carbocycles. The van der Waals surface area contributed by atoms with E-state index < -0.39 is 10.0 Å². The fourth-order valence-electron chi connectivity index (χ4n) is 3.53. The van der Waals surface area contributed by atoms with Gasteiger partial charge in [-0.3, -0.25) is 5.10 Å². The van der Waals surface area contributed by atoms with E-state index in [1.165, 1.54) is 4.31 Å². The quantitative estimate of drug-likeness (QED) is 0.795. The van der Waals surface area contributed by atoms with E-state index in [1.807, 2.05) is 6.07 Å². The van der Waals surface area contributed by atoms with Crippen LogP contribution in [-0.4, -0.2) is 67.2 Å². The third-order valence-corrected chi connectivity index (χ3v) is 7.04. The minimum Gasteiger partial charge on any atom is -0.379 e. The lowest BCUT2D eigenvalue weighted by molar-refractivity contribution is 0.0730. The number of morpholine rings is 1. The molecule has 0 bridgehead atoms. The molecule has 2 fully saturated rings. The molecule has 2 aromatic rings. The molecule has 142 valence electrons. The van der Waals surface area contributed by atoms with Crippen molar-refractivity contribution in [2.75, 3.05) is 39.4 Å². The first-order valence-corrected chi connectivity index (χ1v) is 10.4. The lowest BCUT2D eigenvalue weighted by atomic mass is 10.0. The van der Waals surface area contributed by atoms with Gasteiger partial charge in [-0.1, -0.05) is 12.1 Å². The number of sulfonamides is 1. The van der Waals surface area contributed by atoms with E-state index >= 15 is 0 Å². The first-order chi connectivity index (χ1) is 13.1. The molecule has 0 aliphatic carbocycles. The Morgan fingerprint density at radius 3 is 2.59 bits per heavy atom. The minimum absolute atomic E-state index is 0.270. The summed E-state index contributed by atoms with van der Waals surface area (Å²) in [6, 6.07) is 8.80. The molecule has 3 heterocycles. The summed E-state index contributed by atoms with van der Waals surface area (Å²) in [6.45, 7) is 3.09. The maximum atomic E-state index is 12.7. The van der Waals surface area contributed by atoms with Crippen LogP contribution in [0.2, 0.25) is 0 Å². The van der Waals surface area contributed by atoms with E-state index in [9.17, 15) is 8.42 Å². The van der Waals surface area contributed by atoms with E-state index in [0.29, 0.717) is 32.8 Å². The number of nitriles is 1. The number of nitrogens with one attached hydrogen (secondary N) is 1. The van der Waals surface area contributed by atoms with Crippen LogP contribution in [0.25, 0.3) is 11.3 Å². The van der Waals surface area contributed by atoms with Gasteiger partial charge in [0.05, 0.1) is 23.8 Å². The zero-order valence-corrected chi connectivity index (χ0v) is 15.7. The van der Waals surface area contributed by atoms with Crippen molar-refractivity contribution < 1.29 is 13.2 Å². The molecule has 2 aliphatic heterocycles. The number of ether oxygens (including phenoxy) is 1. The van der Waals surface area contributed by atoms with Gasteiger partial charge in [-0.15, -0.1) is 0 Å². The highest BCUT2D eigenvalue weighted by atomic mass is 32.2. The molecule has 1 aromatic carbocycles. The molecular formula is C18H21N5O3S. The smallest absolute Gasteiger partial charge is 0.243 e. The van der Waals surface area contributed by atoms with Crippen LogP contribution in [-0.2, 0) is 14.8 Å². The molecule has 27 heavy (non-hydrogen) atoms. The number of rotatable bonds is 4. The second-order valence-electron chi connectivity index (χ2n) is 6.78. The molecule has 2 aliphatic rings. The van der Waals surface area contributed by atoms with Crippen LogP contribution in [0.1, 0.15) is 18.0 Å². The molecule has 1 atom stereocenters. The Morgan fingerprint density at radius 2 is 1.93 bits per heavy atom. The number of H-pyrrole nitrogens is 1. The molecule has 1 unspecified atom stereocenters.